The Balaban J connectivity index is 0.00000364. The molecule has 0 aliphatic heterocycles. The minimum atomic E-state index is -0.399. The zero-order valence-electron chi connectivity index (χ0n) is 16.8. The summed E-state index contributed by atoms with van der Waals surface area (Å²) in [4.78, 5) is 14.5. The van der Waals surface area contributed by atoms with E-state index in [0.717, 1.165) is 12.1 Å². The van der Waals surface area contributed by atoms with Crippen molar-refractivity contribution in [3.63, 3.8) is 0 Å². The van der Waals surface area contributed by atoms with Gasteiger partial charge in [-0.2, -0.15) is 4.68 Å². The molecule has 0 aliphatic rings. The fourth-order valence-corrected chi connectivity index (χ4v) is 2.57. The number of rotatable bonds is 9. The molecule has 158 valence electrons. The lowest BCUT2D eigenvalue weighted by Gasteiger charge is -2.25. The number of carbonyl (C=O) groups excluding carboxylic acids is 1. The van der Waals surface area contributed by atoms with E-state index in [1.54, 1.807) is 16.6 Å². The SMILES string of the molecule is CCC(Nc1nnnn1-c1ccccc1)C(=O)N(C)CCC(N)C(C)C.Cl.Cl. The molecule has 0 fully saturated rings. The summed E-state index contributed by atoms with van der Waals surface area (Å²) < 4.78 is 1.59. The van der Waals surface area contributed by atoms with Gasteiger partial charge in [0.15, 0.2) is 0 Å². The molecule has 1 heterocycles. The summed E-state index contributed by atoms with van der Waals surface area (Å²) in [5.41, 5.74) is 6.92. The Labute approximate surface area is 179 Å². The molecule has 3 N–H and O–H groups in total. The highest BCUT2D eigenvalue weighted by Gasteiger charge is 2.23. The Morgan fingerprint density at radius 2 is 1.89 bits per heavy atom. The summed E-state index contributed by atoms with van der Waals surface area (Å²) in [5, 5.41) is 14.9. The van der Waals surface area contributed by atoms with Gasteiger partial charge in [0.25, 0.3) is 0 Å². The van der Waals surface area contributed by atoms with Gasteiger partial charge in [0.05, 0.1) is 5.69 Å². The zero-order valence-corrected chi connectivity index (χ0v) is 18.4. The topological polar surface area (TPSA) is 102 Å². The van der Waals surface area contributed by atoms with Crippen molar-refractivity contribution in [3.8, 4) is 5.69 Å². The molecule has 1 amide bonds. The van der Waals surface area contributed by atoms with Crippen LogP contribution in [0.15, 0.2) is 30.3 Å². The number of para-hydroxylation sites is 1. The van der Waals surface area contributed by atoms with Crippen molar-refractivity contribution in [2.24, 2.45) is 11.7 Å². The normalized spacial score (nSPS) is 12.5. The number of hydrogen-bond acceptors (Lipinski definition) is 6. The molecule has 0 saturated heterocycles. The second kappa shape index (κ2) is 12.5. The number of aromatic nitrogens is 4. The van der Waals surface area contributed by atoms with Crippen molar-refractivity contribution >= 4 is 36.7 Å². The molecule has 2 rings (SSSR count). The molecule has 10 heteroatoms. The van der Waals surface area contributed by atoms with Gasteiger partial charge in [0, 0.05) is 19.6 Å². The molecule has 0 saturated carbocycles. The Hall–Kier alpha value is -1.90. The maximum atomic E-state index is 12.8. The van der Waals surface area contributed by atoms with E-state index >= 15 is 0 Å². The first-order chi connectivity index (χ1) is 12.4. The maximum absolute atomic E-state index is 12.8. The molecule has 1 aromatic heterocycles. The number of halogens is 2. The Kier molecular flexibility index (Phi) is 11.7. The average molecular weight is 432 g/mol. The van der Waals surface area contributed by atoms with E-state index in [9.17, 15) is 4.79 Å². The van der Waals surface area contributed by atoms with Crippen LogP contribution < -0.4 is 11.1 Å². The molecule has 2 aromatic rings. The molecule has 0 spiro atoms. The summed E-state index contributed by atoms with van der Waals surface area (Å²) in [6, 6.07) is 9.25. The number of amides is 1. The van der Waals surface area contributed by atoms with Crippen molar-refractivity contribution in [1.82, 2.24) is 25.1 Å². The molecule has 2 unspecified atom stereocenters. The zero-order chi connectivity index (χ0) is 19.1. The lowest BCUT2D eigenvalue weighted by molar-refractivity contribution is -0.130. The van der Waals surface area contributed by atoms with Crippen molar-refractivity contribution in [2.45, 2.75) is 45.7 Å². The summed E-state index contributed by atoms with van der Waals surface area (Å²) >= 11 is 0. The Bertz CT molecular complexity index is 696. The molecular formula is C18H31Cl2N7O. The quantitative estimate of drug-likeness (QED) is 0.632. The predicted octanol–water partition coefficient (Wildman–Crippen LogP) is 2.53. The summed E-state index contributed by atoms with van der Waals surface area (Å²) in [7, 11) is 1.81. The van der Waals surface area contributed by atoms with Gasteiger partial charge >= 0.3 is 0 Å². The van der Waals surface area contributed by atoms with Crippen molar-refractivity contribution in [2.75, 3.05) is 18.9 Å². The number of carbonyl (C=O) groups is 1. The van der Waals surface area contributed by atoms with Crippen molar-refractivity contribution < 1.29 is 4.79 Å². The maximum Gasteiger partial charge on any atom is 0.248 e. The van der Waals surface area contributed by atoms with Gasteiger partial charge in [0.2, 0.25) is 11.9 Å². The van der Waals surface area contributed by atoms with Crippen molar-refractivity contribution in [3.05, 3.63) is 30.3 Å². The van der Waals surface area contributed by atoms with Crippen LogP contribution in [0.1, 0.15) is 33.6 Å². The number of nitrogens with zero attached hydrogens (tertiary/aromatic N) is 5. The highest BCUT2D eigenvalue weighted by Crippen LogP contribution is 2.13. The van der Waals surface area contributed by atoms with Crippen LogP contribution >= 0.6 is 24.8 Å². The van der Waals surface area contributed by atoms with Gasteiger partial charge in [-0.15, -0.1) is 24.8 Å². The van der Waals surface area contributed by atoms with E-state index in [1.165, 1.54) is 0 Å². The lowest BCUT2D eigenvalue weighted by atomic mass is 10.0. The fraction of sp³-hybridized carbons (Fsp3) is 0.556. The number of nitrogens with two attached hydrogens (primary N) is 1. The molecule has 28 heavy (non-hydrogen) atoms. The molecule has 0 radical (unpaired) electrons. The molecule has 2 atom stereocenters. The van der Waals surface area contributed by atoms with Crippen LogP contribution in [0.3, 0.4) is 0 Å². The smallest absolute Gasteiger partial charge is 0.248 e. The first kappa shape index (κ1) is 26.1. The molecular weight excluding hydrogens is 401 g/mol. The second-order valence-electron chi connectivity index (χ2n) is 6.81. The first-order valence-electron chi connectivity index (χ1n) is 9.04. The standard InChI is InChI=1S/C18H29N7O.2ClH/c1-5-16(17(26)24(4)12-11-15(19)13(2)3)20-18-21-22-23-25(18)14-9-7-6-8-10-14;;/h6-10,13,15-16H,5,11-12,19H2,1-4H3,(H,20,21,23);2*1H. The monoisotopic (exact) mass is 431 g/mol. The summed E-state index contributed by atoms with van der Waals surface area (Å²) in [6.45, 7) is 6.76. The number of tetrazole rings is 1. The number of likely N-dealkylation sites (N-methyl/N-ethyl adjacent to an activating group) is 1. The number of hydrogen-bond donors (Lipinski definition) is 2. The van der Waals surface area contributed by atoms with Crippen LogP contribution in [-0.4, -0.2) is 56.7 Å². The van der Waals surface area contributed by atoms with Crippen LogP contribution in [0, 0.1) is 5.92 Å². The first-order valence-corrected chi connectivity index (χ1v) is 9.04. The van der Waals surface area contributed by atoms with Crippen LogP contribution in [-0.2, 0) is 4.79 Å². The number of anilines is 1. The van der Waals surface area contributed by atoms with Gasteiger partial charge < -0.3 is 16.0 Å². The Morgan fingerprint density at radius 3 is 2.46 bits per heavy atom. The Morgan fingerprint density at radius 1 is 1.25 bits per heavy atom. The van der Waals surface area contributed by atoms with E-state index in [2.05, 4.69) is 34.7 Å². The minimum Gasteiger partial charge on any atom is -0.344 e. The summed E-state index contributed by atoms with van der Waals surface area (Å²) in [5.74, 6) is 0.851. The molecule has 1 aromatic carbocycles. The largest absolute Gasteiger partial charge is 0.344 e. The third kappa shape index (κ3) is 6.92. The number of benzene rings is 1. The third-order valence-electron chi connectivity index (χ3n) is 4.51. The predicted molar refractivity (Wildman–Crippen MR) is 116 cm³/mol. The molecule has 0 aliphatic carbocycles. The van der Waals surface area contributed by atoms with E-state index < -0.39 is 6.04 Å². The lowest BCUT2D eigenvalue weighted by Crippen LogP contribution is -2.43. The van der Waals surface area contributed by atoms with Gasteiger partial charge in [-0.25, -0.2) is 0 Å². The van der Waals surface area contributed by atoms with Gasteiger partial charge in [-0.05, 0) is 41.3 Å². The van der Waals surface area contributed by atoms with E-state index in [0.29, 0.717) is 24.8 Å². The van der Waals surface area contributed by atoms with Gasteiger partial charge in [0.1, 0.15) is 6.04 Å². The fourth-order valence-electron chi connectivity index (χ4n) is 2.57. The van der Waals surface area contributed by atoms with Crippen LogP contribution in [0.2, 0.25) is 0 Å². The van der Waals surface area contributed by atoms with E-state index in [-0.39, 0.29) is 36.8 Å². The average Bonchev–Trinajstić information content (AvgIpc) is 3.12. The summed E-state index contributed by atoms with van der Waals surface area (Å²) in [6.07, 6.45) is 1.40. The minimum absolute atomic E-state index is 0. The molecule has 8 nitrogen and oxygen atoms in total. The third-order valence-corrected chi connectivity index (χ3v) is 4.51. The van der Waals surface area contributed by atoms with Crippen LogP contribution in [0.25, 0.3) is 5.69 Å². The second-order valence-corrected chi connectivity index (χ2v) is 6.81. The van der Waals surface area contributed by atoms with E-state index in [1.807, 2.05) is 37.3 Å². The van der Waals surface area contributed by atoms with Crippen LogP contribution in [0.4, 0.5) is 5.95 Å². The molecule has 0 bridgehead atoms. The highest BCUT2D eigenvalue weighted by molar-refractivity contribution is 5.85. The number of nitrogens with one attached hydrogen (secondary N) is 1. The van der Waals surface area contributed by atoms with E-state index in [4.69, 9.17) is 5.73 Å². The van der Waals surface area contributed by atoms with Gasteiger partial charge in [-0.1, -0.05) is 44.1 Å². The van der Waals surface area contributed by atoms with Crippen LogP contribution in [0.5, 0.6) is 0 Å². The van der Waals surface area contributed by atoms with Gasteiger partial charge in [-0.3, -0.25) is 4.79 Å². The van der Waals surface area contributed by atoms with Crippen molar-refractivity contribution in [1.29, 1.82) is 0 Å². The highest BCUT2D eigenvalue weighted by atomic mass is 35.5.